The van der Waals surface area contributed by atoms with Crippen LogP contribution in [-0.4, -0.2) is 27.7 Å². The number of hydrogen-bond acceptors (Lipinski definition) is 3. The molecule has 5 nitrogen and oxygen atoms in total. The standard InChI is InChI=1S/C13H14N2O3/c1-8-7-15(9(2)14-8)11-6-10(13(16)17)4-5-12(11)18-3/h4-7H,1-3H3,(H,16,17). The lowest BCUT2D eigenvalue weighted by Gasteiger charge is -2.11. The summed E-state index contributed by atoms with van der Waals surface area (Å²) < 4.78 is 7.08. The molecule has 2 aromatic rings. The summed E-state index contributed by atoms with van der Waals surface area (Å²) in [6.07, 6.45) is 1.85. The summed E-state index contributed by atoms with van der Waals surface area (Å²) in [5.74, 6) is 0.433. The van der Waals surface area contributed by atoms with Gasteiger partial charge in [-0.1, -0.05) is 0 Å². The van der Waals surface area contributed by atoms with Crippen LogP contribution < -0.4 is 4.74 Å². The number of carboxylic acids is 1. The number of ether oxygens (including phenoxy) is 1. The summed E-state index contributed by atoms with van der Waals surface area (Å²) >= 11 is 0. The van der Waals surface area contributed by atoms with E-state index >= 15 is 0 Å². The lowest BCUT2D eigenvalue weighted by Crippen LogP contribution is -2.03. The normalized spacial score (nSPS) is 10.4. The van der Waals surface area contributed by atoms with Gasteiger partial charge >= 0.3 is 5.97 Å². The fraction of sp³-hybridized carbons (Fsp3) is 0.231. The lowest BCUT2D eigenvalue weighted by molar-refractivity contribution is 0.0697. The van der Waals surface area contributed by atoms with Gasteiger partial charge in [0.25, 0.3) is 0 Å². The fourth-order valence-corrected chi connectivity index (χ4v) is 1.87. The Labute approximate surface area is 105 Å². The average molecular weight is 246 g/mol. The average Bonchev–Trinajstić information content (AvgIpc) is 2.67. The number of carboxylic acid groups (broad SMARTS) is 1. The highest BCUT2D eigenvalue weighted by molar-refractivity contribution is 5.88. The van der Waals surface area contributed by atoms with Crippen molar-refractivity contribution in [1.82, 2.24) is 9.55 Å². The van der Waals surface area contributed by atoms with Gasteiger partial charge in [0.1, 0.15) is 11.6 Å². The van der Waals surface area contributed by atoms with Gasteiger partial charge in [-0.25, -0.2) is 9.78 Å². The minimum absolute atomic E-state index is 0.219. The molecule has 0 saturated heterocycles. The molecule has 1 aromatic heterocycles. The van der Waals surface area contributed by atoms with Crippen molar-refractivity contribution in [1.29, 1.82) is 0 Å². The van der Waals surface area contributed by atoms with Crippen LogP contribution in [0.2, 0.25) is 0 Å². The van der Waals surface area contributed by atoms with Crippen molar-refractivity contribution in [3.63, 3.8) is 0 Å². The van der Waals surface area contributed by atoms with Crippen molar-refractivity contribution in [3.8, 4) is 11.4 Å². The second-order valence-corrected chi connectivity index (χ2v) is 3.99. The van der Waals surface area contributed by atoms with E-state index in [-0.39, 0.29) is 5.56 Å². The summed E-state index contributed by atoms with van der Waals surface area (Å²) in [6, 6.07) is 4.74. The number of imidazole rings is 1. The first-order valence-electron chi connectivity index (χ1n) is 5.47. The number of nitrogens with zero attached hydrogens (tertiary/aromatic N) is 2. The van der Waals surface area contributed by atoms with Gasteiger partial charge in [-0.05, 0) is 32.0 Å². The molecule has 2 rings (SSSR count). The molecule has 0 aliphatic heterocycles. The zero-order chi connectivity index (χ0) is 13.3. The molecule has 5 heteroatoms. The van der Waals surface area contributed by atoms with Gasteiger partial charge in [-0.3, -0.25) is 0 Å². The van der Waals surface area contributed by atoms with Gasteiger partial charge in [0.15, 0.2) is 0 Å². The Morgan fingerprint density at radius 1 is 1.39 bits per heavy atom. The molecule has 0 radical (unpaired) electrons. The third-order valence-corrected chi connectivity index (χ3v) is 2.69. The minimum Gasteiger partial charge on any atom is -0.495 e. The van der Waals surface area contributed by atoms with Crippen LogP contribution >= 0.6 is 0 Å². The molecule has 0 unspecified atom stereocenters. The van der Waals surface area contributed by atoms with Crippen molar-refractivity contribution in [2.75, 3.05) is 7.11 Å². The zero-order valence-corrected chi connectivity index (χ0v) is 10.5. The Kier molecular flexibility index (Phi) is 3.06. The van der Waals surface area contributed by atoms with Crippen LogP contribution in [0, 0.1) is 13.8 Å². The third-order valence-electron chi connectivity index (χ3n) is 2.69. The van der Waals surface area contributed by atoms with Crippen LogP contribution in [-0.2, 0) is 0 Å². The molecule has 0 amide bonds. The van der Waals surface area contributed by atoms with Crippen molar-refractivity contribution in [2.45, 2.75) is 13.8 Å². The van der Waals surface area contributed by atoms with E-state index < -0.39 is 5.97 Å². The van der Waals surface area contributed by atoms with Gasteiger partial charge in [0.05, 0.1) is 24.1 Å². The van der Waals surface area contributed by atoms with Gasteiger partial charge in [0.2, 0.25) is 0 Å². The molecule has 94 valence electrons. The monoisotopic (exact) mass is 246 g/mol. The Balaban J connectivity index is 2.64. The molecule has 0 aliphatic rings. The van der Waals surface area contributed by atoms with Gasteiger partial charge in [-0.2, -0.15) is 0 Å². The summed E-state index contributed by atoms with van der Waals surface area (Å²) in [5, 5.41) is 9.03. The second kappa shape index (κ2) is 4.52. The summed E-state index contributed by atoms with van der Waals surface area (Å²) in [5.41, 5.74) is 1.77. The molecule has 18 heavy (non-hydrogen) atoms. The van der Waals surface area contributed by atoms with E-state index in [1.165, 1.54) is 6.07 Å². The topological polar surface area (TPSA) is 64.3 Å². The molecule has 0 bridgehead atoms. The number of benzene rings is 1. The quantitative estimate of drug-likeness (QED) is 0.901. The minimum atomic E-state index is -0.964. The maximum Gasteiger partial charge on any atom is 0.335 e. The maximum absolute atomic E-state index is 11.0. The van der Waals surface area contributed by atoms with E-state index in [1.54, 1.807) is 19.2 Å². The SMILES string of the molecule is COc1ccc(C(=O)O)cc1-n1cc(C)nc1C. The highest BCUT2D eigenvalue weighted by Crippen LogP contribution is 2.25. The number of hydrogen-bond donors (Lipinski definition) is 1. The molecule has 1 N–H and O–H groups in total. The number of aromatic carboxylic acids is 1. The predicted octanol–water partition coefficient (Wildman–Crippen LogP) is 2.20. The Morgan fingerprint density at radius 3 is 2.61 bits per heavy atom. The largest absolute Gasteiger partial charge is 0.495 e. The van der Waals surface area contributed by atoms with Crippen molar-refractivity contribution < 1.29 is 14.6 Å². The molecule has 1 heterocycles. The highest BCUT2D eigenvalue weighted by atomic mass is 16.5. The molecule has 0 spiro atoms. The summed E-state index contributed by atoms with van der Waals surface area (Å²) in [7, 11) is 1.55. The number of methoxy groups -OCH3 is 1. The van der Waals surface area contributed by atoms with E-state index in [2.05, 4.69) is 4.98 Å². The molecule has 0 saturated carbocycles. The Hall–Kier alpha value is -2.30. The van der Waals surface area contributed by atoms with Crippen LogP contribution in [0.15, 0.2) is 24.4 Å². The fourth-order valence-electron chi connectivity index (χ4n) is 1.87. The smallest absolute Gasteiger partial charge is 0.335 e. The molecule has 1 aromatic carbocycles. The number of rotatable bonds is 3. The highest BCUT2D eigenvalue weighted by Gasteiger charge is 2.12. The summed E-state index contributed by atoms with van der Waals surface area (Å²) in [6.45, 7) is 3.75. The van der Waals surface area contributed by atoms with E-state index in [9.17, 15) is 4.79 Å². The van der Waals surface area contributed by atoms with Crippen molar-refractivity contribution in [2.24, 2.45) is 0 Å². The number of carbonyl (C=O) groups is 1. The van der Waals surface area contributed by atoms with Gasteiger partial charge < -0.3 is 14.4 Å². The molecule has 0 atom stereocenters. The van der Waals surface area contributed by atoms with Crippen LogP contribution in [0.4, 0.5) is 0 Å². The molecule has 0 aliphatic carbocycles. The second-order valence-electron chi connectivity index (χ2n) is 3.99. The van der Waals surface area contributed by atoms with Crippen LogP contribution in [0.1, 0.15) is 21.9 Å². The van der Waals surface area contributed by atoms with E-state index in [0.29, 0.717) is 11.4 Å². The maximum atomic E-state index is 11.0. The van der Waals surface area contributed by atoms with E-state index in [4.69, 9.17) is 9.84 Å². The lowest BCUT2D eigenvalue weighted by atomic mass is 10.2. The first kappa shape index (κ1) is 12.2. The predicted molar refractivity (Wildman–Crippen MR) is 66.5 cm³/mol. The van der Waals surface area contributed by atoms with E-state index in [0.717, 1.165) is 11.5 Å². The Bertz CT molecular complexity index is 602. The third kappa shape index (κ3) is 2.07. The molecular formula is C13H14N2O3. The van der Waals surface area contributed by atoms with Gasteiger partial charge in [0, 0.05) is 6.20 Å². The zero-order valence-electron chi connectivity index (χ0n) is 10.5. The molecule has 0 fully saturated rings. The van der Waals surface area contributed by atoms with Crippen molar-refractivity contribution in [3.05, 3.63) is 41.5 Å². The van der Waals surface area contributed by atoms with Crippen LogP contribution in [0.25, 0.3) is 5.69 Å². The summed E-state index contributed by atoms with van der Waals surface area (Å²) in [4.78, 5) is 15.3. The van der Waals surface area contributed by atoms with Gasteiger partial charge in [-0.15, -0.1) is 0 Å². The number of aromatic nitrogens is 2. The Morgan fingerprint density at radius 2 is 2.11 bits per heavy atom. The molecular weight excluding hydrogens is 232 g/mol. The first-order valence-corrected chi connectivity index (χ1v) is 5.47. The van der Waals surface area contributed by atoms with Crippen LogP contribution in [0.5, 0.6) is 5.75 Å². The van der Waals surface area contributed by atoms with E-state index in [1.807, 2.05) is 24.6 Å². The number of aryl methyl sites for hydroxylation is 2. The van der Waals surface area contributed by atoms with Crippen LogP contribution in [0.3, 0.4) is 0 Å². The first-order chi connectivity index (χ1) is 8.52. The van der Waals surface area contributed by atoms with Crippen molar-refractivity contribution >= 4 is 5.97 Å².